The summed E-state index contributed by atoms with van der Waals surface area (Å²) in [7, 11) is 0. The van der Waals surface area contributed by atoms with E-state index in [0.29, 0.717) is 5.82 Å². The Morgan fingerprint density at radius 1 is 1.29 bits per heavy atom. The fraction of sp³-hybridized carbons (Fsp3) is 0.462. The molecule has 0 aliphatic carbocycles. The van der Waals surface area contributed by atoms with E-state index in [9.17, 15) is 4.39 Å². The van der Waals surface area contributed by atoms with E-state index in [-0.39, 0.29) is 12.0 Å². The van der Waals surface area contributed by atoms with Crippen molar-refractivity contribution in [3.05, 3.63) is 34.6 Å². The molecule has 0 amide bonds. The highest BCUT2D eigenvalue weighted by molar-refractivity contribution is 5.40. The maximum atomic E-state index is 13.2. The molecular formula is C13H16FN3. The molecule has 0 aromatic heterocycles. The molecule has 1 aromatic carbocycles. The van der Waals surface area contributed by atoms with E-state index < -0.39 is 0 Å². The lowest BCUT2D eigenvalue weighted by atomic mass is 10.2. The third-order valence-electron chi connectivity index (χ3n) is 3.55. The molecule has 2 heterocycles. The normalized spacial score (nSPS) is 23.5. The minimum absolute atomic E-state index is 0.149. The summed E-state index contributed by atoms with van der Waals surface area (Å²) in [5, 5.41) is 1.57. The highest BCUT2D eigenvalue weighted by Gasteiger charge is 2.24. The highest BCUT2D eigenvalue weighted by atomic mass is 19.1. The number of hydrogen-bond acceptors (Lipinski definition) is 3. The van der Waals surface area contributed by atoms with Crippen molar-refractivity contribution in [1.29, 1.82) is 0 Å². The van der Waals surface area contributed by atoms with Crippen LogP contribution in [0.4, 0.5) is 4.39 Å². The second-order valence-electron chi connectivity index (χ2n) is 4.70. The first kappa shape index (κ1) is 10.6. The predicted molar refractivity (Wildman–Crippen MR) is 63.7 cm³/mol. The molecule has 0 saturated carbocycles. The van der Waals surface area contributed by atoms with Crippen LogP contribution >= 0.6 is 0 Å². The minimum Gasteiger partial charge on any atom is -0.385 e. The summed E-state index contributed by atoms with van der Waals surface area (Å²) >= 11 is 0. The lowest BCUT2D eigenvalue weighted by Crippen LogP contribution is -2.48. The van der Waals surface area contributed by atoms with Crippen LogP contribution in [0.15, 0.2) is 23.2 Å². The summed E-state index contributed by atoms with van der Waals surface area (Å²) < 4.78 is 13.2. The molecule has 0 radical (unpaired) electrons. The van der Waals surface area contributed by atoms with E-state index in [2.05, 4.69) is 9.89 Å². The number of halogens is 1. The van der Waals surface area contributed by atoms with Gasteiger partial charge < -0.3 is 10.6 Å². The van der Waals surface area contributed by atoms with Gasteiger partial charge in [-0.1, -0.05) is 6.42 Å². The second kappa shape index (κ2) is 4.02. The van der Waals surface area contributed by atoms with Crippen LogP contribution in [-0.4, -0.2) is 17.6 Å². The summed E-state index contributed by atoms with van der Waals surface area (Å²) in [6.45, 7) is 0.927. The average molecular weight is 233 g/mol. The average Bonchev–Trinajstić information content (AvgIpc) is 2.56. The van der Waals surface area contributed by atoms with Gasteiger partial charge in [0.25, 0.3) is 0 Å². The molecule has 0 spiro atoms. The van der Waals surface area contributed by atoms with Crippen LogP contribution in [0, 0.1) is 5.82 Å². The van der Waals surface area contributed by atoms with Crippen LogP contribution in [0.25, 0.3) is 5.82 Å². The van der Waals surface area contributed by atoms with E-state index in [1.54, 1.807) is 6.07 Å². The molecule has 1 saturated heterocycles. The number of fused-ring (bicyclic) bond motifs is 2. The molecule has 2 aliphatic rings. The van der Waals surface area contributed by atoms with Gasteiger partial charge in [0.15, 0.2) is 0 Å². The highest BCUT2D eigenvalue weighted by Crippen LogP contribution is 2.20. The van der Waals surface area contributed by atoms with Crippen molar-refractivity contribution >= 4 is 5.82 Å². The van der Waals surface area contributed by atoms with Gasteiger partial charge in [-0.2, -0.15) is 0 Å². The molecule has 90 valence electrons. The van der Waals surface area contributed by atoms with Crippen molar-refractivity contribution in [2.75, 3.05) is 6.54 Å². The molecule has 1 unspecified atom stereocenters. The number of nitrogens with zero attached hydrogens (tertiary/aromatic N) is 2. The van der Waals surface area contributed by atoms with Crippen molar-refractivity contribution in [3.63, 3.8) is 0 Å². The third kappa shape index (κ3) is 1.77. The molecule has 3 nitrogen and oxygen atoms in total. The molecule has 1 fully saturated rings. The Bertz CT molecular complexity index is 552. The van der Waals surface area contributed by atoms with Crippen LogP contribution in [0.5, 0.6) is 0 Å². The summed E-state index contributed by atoms with van der Waals surface area (Å²) in [5.74, 6) is 0.427. The zero-order valence-corrected chi connectivity index (χ0v) is 9.69. The number of rotatable bonds is 0. The van der Waals surface area contributed by atoms with Crippen LogP contribution in [0.1, 0.15) is 25.7 Å². The molecule has 4 heteroatoms. The van der Waals surface area contributed by atoms with Gasteiger partial charge in [0.2, 0.25) is 0 Å². The summed E-state index contributed by atoms with van der Waals surface area (Å²) in [5.41, 5.74) is 6.16. The zero-order valence-electron chi connectivity index (χ0n) is 9.69. The Balaban J connectivity index is 2.19. The van der Waals surface area contributed by atoms with Crippen LogP contribution in [0.2, 0.25) is 0 Å². The lowest BCUT2D eigenvalue weighted by molar-refractivity contribution is 0.288. The van der Waals surface area contributed by atoms with E-state index in [1.165, 1.54) is 25.0 Å². The van der Waals surface area contributed by atoms with Crippen LogP contribution in [0.3, 0.4) is 0 Å². The van der Waals surface area contributed by atoms with Gasteiger partial charge in [-0.15, -0.1) is 0 Å². The first-order chi connectivity index (χ1) is 8.25. The fourth-order valence-electron chi connectivity index (χ4n) is 2.65. The van der Waals surface area contributed by atoms with Gasteiger partial charge in [0.1, 0.15) is 17.8 Å². The maximum absolute atomic E-state index is 13.2. The van der Waals surface area contributed by atoms with Gasteiger partial charge in [-0.05, 0) is 37.5 Å². The first-order valence-corrected chi connectivity index (χ1v) is 6.15. The Labute approximate surface area is 99.4 Å². The molecule has 1 atom stereocenters. The Hall–Kier alpha value is -1.58. The first-order valence-electron chi connectivity index (χ1n) is 6.15. The van der Waals surface area contributed by atoms with Gasteiger partial charge in [-0.3, -0.25) is 4.99 Å². The number of nitrogens with two attached hydrogens (primary N) is 1. The zero-order chi connectivity index (χ0) is 11.8. The van der Waals surface area contributed by atoms with E-state index in [4.69, 9.17) is 5.73 Å². The molecule has 3 rings (SSSR count). The summed E-state index contributed by atoms with van der Waals surface area (Å²) in [6, 6.07) is 4.65. The van der Waals surface area contributed by atoms with Gasteiger partial charge in [-0.25, -0.2) is 4.39 Å². The van der Waals surface area contributed by atoms with Gasteiger partial charge >= 0.3 is 0 Å². The molecule has 0 bridgehead atoms. The standard InChI is InChI=1S/C13H16FN3/c14-9-5-6-11-10(8-9)13(15)17-7-3-1-2-4-12(17)16-11/h5-6,8,12H,1-4,7,15H2. The number of hydrogen-bond donors (Lipinski definition) is 1. The van der Waals surface area contributed by atoms with E-state index >= 15 is 0 Å². The predicted octanol–water partition coefficient (Wildman–Crippen LogP) is 0.685. The van der Waals surface area contributed by atoms with Crippen molar-refractivity contribution in [3.8, 4) is 0 Å². The third-order valence-corrected chi connectivity index (χ3v) is 3.55. The minimum atomic E-state index is -0.254. The Morgan fingerprint density at radius 2 is 2.18 bits per heavy atom. The quantitative estimate of drug-likeness (QED) is 0.716. The summed E-state index contributed by atoms with van der Waals surface area (Å²) in [6.07, 6.45) is 4.74. The molecule has 2 aliphatic heterocycles. The Kier molecular flexibility index (Phi) is 2.50. The largest absolute Gasteiger partial charge is 0.385 e. The van der Waals surface area contributed by atoms with Crippen molar-refractivity contribution in [1.82, 2.24) is 4.90 Å². The smallest absolute Gasteiger partial charge is 0.124 e. The number of benzene rings is 1. The van der Waals surface area contributed by atoms with Gasteiger partial charge in [0, 0.05) is 11.8 Å². The molecule has 2 N–H and O–H groups in total. The lowest BCUT2D eigenvalue weighted by Gasteiger charge is -2.31. The van der Waals surface area contributed by atoms with Crippen LogP contribution < -0.4 is 16.3 Å². The fourth-order valence-corrected chi connectivity index (χ4v) is 2.65. The Morgan fingerprint density at radius 3 is 3.06 bits per heavy atom. The maximum Gasteiger partial charge on any atom is 0.124 e. The van der Waals surface area contributed by atoms with E-state index in [1.807, 2.05) is 0 Å². The van der Waals surface area contributed by atoms with Crippen molar-refractivity contribution < 1.29 is 4.39 Å². The SMILES string of the molecule is NC1=c2cc(F)ccc2=NC2CCCCCN12. The van der Waals surface area contributed by atoms with E-state index in [0.717, 1.165) is 30.0 Å². The molecule has 17 heavy (non-hydrogen) atoms. The van der Waals surface area contributed by atoms with Crippen LogP contribution in [-0.2, 0) is 0 Å². The van der Waals surface area contributed by atoms with Crippen molar-refractivity contribution in [2.45, 2.75) is 31.8 Å². The van der Waals surface area contributed by atoms with Crippen molar-refractivity contribution in [2.24, 2.45) is 10.7 Å². The molecule has 1 aromatic rings. The van der Waals surface area contributed by atoms with Gasteiger partial charge in [0.05, 0.1) is 5.36 Å². The second-order valence-corrected chi connectivity index (χ2v) is 4.70. The topological polar surface area (TPSA) is 41.6 Å². The molecular weight excluding hydrogens is 217 g/mol. The summed E-state index contributed by atoms with van der Waals surface area (Å²) in [4.78, 5) is 6.80. The monoisotopic (exact) mass is 233 g/mol.